The van der Waals surface area contributed by atoms with Crippen molar-refractivity contribution in [3.05, 3.63) is 24.0 Å². The van der Waals surface area contributed by atoms with Crippen molar-refractivity contribution >= 4 is 22.7 Å². The number of nitrogens with zero attached hydrogens (tertiary/aromatic N) is 1. The Hall–Kier alpha value is -2.08. The number of rotatable bonds is 5. The average Bonchev–Trinajstić information content (AvgIpc) is 2.85. The van der Waals surface area contributed by atoms with Gasteiger partial charge in [-0.2, -0.15) is 0 Å². The Morgan fingerprint density at radius 2 is 2.33 bits per heavy atom. The van der Waals surface area contributed by atoms with E-state index >= 15 is 0 Å². The van der Waals surface area contributed by atoms with Gasteiger partial charge in [-0.1, -0.05) is 0 Å². The van der Waals surface area contributed by atoms with Crippen LogP contribution < -0.4 is 5.32 Å². The number of hydrogen-bond acceptors (Lipinski definition) is 5. The topological polar surface area (TPSA) is 76.2 Å². The number of aromatic amines is 1. The highest BCUT2D eigenvalue weighted by molar-refractivity contribution is 6.04. The number of fused-ring (bicyclic) bond motifs is 1. The van der Waals surface area contributed by atoms with Crippen LogP contribution in [0.4, 0.5) is 5.69 Å². The van der Waals surface area contributed by atoms with Crippen molar-refractivity contribution in [2.45, 2.75) is 0 Å². The molecule has 0 aliphatic heterocycles. The van der Waals surface area contributed by atoms with Crippen LogP contribution in [-0.4, -0.2) is 43.3 Å². The number of anilines is 1. The summed E-state index contributed by atoms with van der Waals surface area (Å²) in [5.41, 5.74) is 1.86. The molecule has 18 heavy (non-hydrogen) atoms. The van der Waals surface area contributed by atoms with Gasteiger partial charge in [0.2, 0.25) is 0 Å². The summed E-state index contributed by atoms with van der Waals surface area (Å²) >= 11 is 0. The van der Waals surface area contributed by atoms with Crippen molar-refractivity contribution in [1.29, 1.82) is 0 Å². The molecule has 2 rings (SSSR count). The Bertz CT molecular complexity index is 550. The molecule has 0 atom stereocenters. The summed E-state index contributed by atoms with van der Waals surface area (Å²) in [6, 6.07) is 1.86. The molecule has 2 aromatic rings. The Balaban J connectivity index is 2.29. The van der Waals surface area contributed by atoms with E-state index in [0.717, 1.165) is 11.0 Å². The Labute approximate surface area is 104 Å². The molecule has 0 unspecified atom stereocenters. The summed E-state index contributed by atoms with van der Waals surface area (Å²) in [6.45, 7) is 0.601. The van der Waals surface area contributed by atoms with E-state index in [1.54, 1.807) is 20.4 Å². The molecule has 2 N–H and O–H groups in total. The van der Waals surface area contributed by atoms with Crippen LogP contribution in [0.15, 0.2) is 18.5 Å². The third-order valence-corrected chi connectivity index (χ3v) is 2.58. The van der Waals surface area contributed by atoms with Crippen LogP contribution in [-0.2, 0) is 9.47 Å². The second-order valence-electron chi connectivity index (χ2n) is 3.67. The lowest BCUT2D eigenvalue weighted by atomic mass is 10.2. The van der Waals surface area contributed by atoms with E-state index in [0.29, 0.717) is 17.9 Å². The number of esters is 1. The molecule has 0 radical (unpaired) electrons. The molecule has 2 aromatic heterocycles. The fourth-order valence-corrected chi connectivity index (χ4v) is 1.73. The van der Waals surface area contributed by atoms with E-state index in [9.17, 15) is 4.79 Å². The van der Waals surface area contributed by atoms with E-state index in [1.165, 1.54) is 6.20 Å². The zero-order valence-electron chi connectivity index (χ0n) is 10.3. The lowest BCUT2D eigenvalue weighted by Gasteiger charge is -2.09. The highest BCUT2D eigenvalue weighted by atomic mass is 16.6. The Kier molecular flexibility index (Phi) is 3.78. The lowest BCUT2D eigenvalue weighted by Crippen LogP contribution is -2.12. The van der Waals surface area contributed by atoms with Crippen molar-refractivity contribution in [3.8, 4) is 0 Å². The van der Waals surface area contributed by atoms with Gasteiger partial charge in [0.05, 0.1) is 12.3 Å². The van der Waals surface area contributed by atoms with Crippen LogP contribution in [0.2, 0.25) is 0 Å². The second-order valence-corrected chi connectivity index (χ2v) is 3.67. The predicted molar refractivity (Wildman–Crippen MR) is 67.8 cm³/mol. The smallest absolute Gasteiger partial charge is 0.341 e. The van der Waals surface area contributed by atoms with E-state index in [2.05, 4.69) is 15.3 Å². The number of pyridine rings is 1. The third-order valence-electron chi connectivity index (χ3n) is 2.58. The maximum Gasteiger partial charge on any atom is 0.341 e. The molecule has 96 valence electrons. The first kappa shape index (κ1) is 12.4. The van der Waals surface area contributed by atoms with Crippen molar-refractivity contribution in [2.24, 2.45) is 0 Å². The van der Waals surface area contributed by atoms with Crippen LogP contribution in [0.3, 0.4) is 0 Å². The molecule has 0 fully saturated rings. The molecule has 0 aliphatic carbocycles. The highest BCUT2D eigenvalue weighted by Crippen LogP contribution is 2.25. The van der Waals surface area contributed by atoms with Gasteiger partial charge in [0.1, 0.15) is 17.8 Å². The highest BCUT2D eigenvalue weighted by Gasteiger charge is 2.16. The first-order valence-electron chi connectivity index (χ1n) is 5.58. The summed E-state index contributed by atoms with van der Waals surface area (Å²) in [6.07, 6.45) is 3.28. The molecule has 0 aliphatic rings. The van der Waals surface area contributed by atoms with Crippen molar-refractivity contribution in [3.63, 3.8) is 0 Å². The first-order chi connectivity index (χ1) is 8.77. The molecule has 0 spiro atoms. The predicted octanol–water partition coefficient (Wildman–Crippen LogP) is 1.41. The average molecular weight is 249 g/mol. The SMILES string of the molecule is CNc1c(C(=O)OCCOC)cnc2[nH]ccc12. The summed E-state index contributed by atoms with van der Waals surface area (Å²) in [5.74, 6) is -0.410. The Morgan fingerprint density at radius 3 is 3.06 bits per heavy atom. The summed E-state index contributed by atoms with van der Waals surface area (Å²) < 4.78 is 9.91. The summed E-state index contributed by atoms with van der Waals surface area (Å²) in [4.78, 5) is 19.1. The second kappa shape index (κ2) is 5.50. The van der Waals surface area contributed by atoms with Crippen LogP contribution in [0.25, 0.3) is 11.0 Å². The van der Waals surface area contributed by atoms with E-state index in [1.807, 2.05) is 6.07 Å². The minimum atomic E-state index is -0.410. The molecule has 0 bridgehead atoms. The molecule has 6 nitrogen and oxygen atoms in total. The fourth-order valence-electron chi connectivity index (χ4n) is 1.73. The van der Waals surface area contributed by atoms with Gasteiger partial charge < -0.3 is 19.8 Å². The van der Waals surface area contributed by atoms with Gasteiger partial charge in [-0.05, 0) is 6.07 Å². The standard InChI is InChI=1S/C12H15N3O3/c1-13-10-8-3-4-14-11(8)15-7-9(10)12(16)18-6-5-17-2/h3-4,7H,5-6H2,1-2H3,(H2,13,14,15). The first-order valence-corrected chi connectivity index (χ1v) is 5.58. The van der Waals surface area contributed by atoms with Crippen LogP contribution >= 0.6 is 0 Å². The quantitative estimate of drug-likeness (QED) is 0.619. The number of hydrogen-bond donors (Lipinski definition) is 2. The number of nitrogens with one attached hydrogen (secondary N) is 2. The number of ether oxygens (including phenoxy) is 2. The fraction of sp³-hybridized carbons (Fsp3) is 0.333. The molecule has 2 heterocycles. The maximum absolute atomic E-state index is 11.9. The van der Waals surface area contributed by atoms with Gasteiger partial charge in [-0.15, -0.1) is 0 Å². The molecular formula is C12H15N3O3. The van der Waals surface area contributed by atoms with Gasteiger partial charge in [-0.3, -0.25) is 0 Å². The number of aromatic nitrogens is 2. The molecular weight excluding hydrogens is 234 g/mol. The van der Waals surface area contributed by atoms with Gasteiger partial charge in [0.25, 0.3) is 0 Å². The third kappa shape index (κ3) is 2.28. The van der Waals surface area contributed by atoms with Gasteiger partial charge >= 0.3 is 5.97 Å². The summed E-state index contributed by atoms with van der Waals surface area (Å²) in [7, 11) is 3.31. The number of H-pyrrole nitrogens is 1. The molecule has 0 amide bonds. The maximum atomic E-state index is 11.9. The van der Waals surface area contributed by atoms with Crippen molar-refractivity contribution in [2.75, 3.05) is 32.7 Å². The molecule has 0 aromatic carbocycles. The lowest BCUT2D eigenvalue weighted by molar-refractivity contribution is 0.0389. The van der Waals surface area contributed by atoms with Crippen LogP contribution in [0.1, 0.15) is 10.4 Å². The minimum absolute atomic E-state index is 0.226. The monoisotopic (exact) mass is 249 g/mol. The normalized spacial score (nSPS) is 10.6. The largest absolute Gasteiger partial charge is 0.460 e. The molecule has 6 heteroatoms. The van der Waals surface area contributed by atoms with Gasteiger partial charge in [-0.25, -0.2) is 9.78 Å². The van der Waals surface area contributed by atoms with Crippen LogP contribution in [0.5, 0.6) is 0 Å². The number of carbonyl (C=O) groups excluding carboxylic acids is 1. The Morgan fingerprint density at radius 1 is 1.50 bits per heavy atom. The zero-order chi connectivity index (χ0) is 13.0. The summed E-state index contributed by atoms with van der Waals surface area (Å²) in [5, 5.41) is 3.86. The molecule has 0 saturated heterocycles. The van der Waals surface area contributed by atoms with Crippen molar-refractivity contribution < 1.29 is 14.3 Å². The van der Waals surface area contributed by atoms with Gasteiger partial charge in [0, 0.05) is 31.9 Å². The number of methoxy groups -OCH3 is 1. The van der Waals surface area contributed by atoms with Gasteiger partial charge in [0.15, 0.2) is 0 Å². The minimum Gasteiger partial charge on any atom is -0.460 e. The van der Waals surface area contributed by atoms with E-state index < -0.39 is 5.97 Å². The van der Waals surface area contributed by atoms with E-state index in [4.69, 9.17) is 9.47 Å². The number of carbonyl (C=O) groups is 1. The van der Waals surface area contributed by atoms with E-state index in [-0.39, 0.29) is 6.61 Å². The van der Waals surface area contributed by atoms with Crippen LogP contribution in [0, 0.1) is 0 Å². The van der Waals surface area contributed by atoms with Crippen molar-refractivity contribution in [1.82, 2.24) is 9.97 Å². The molecule has 0 saturated carbocycles. The zero-order valence-corrected chi connectivity index (χ0v) is 10.3.